The van der Waals surface area contributed by atoms with Gasteiger partial charge >= 0.3 is 34.2 Å². The summed E-state index contributed by atoms with van der Waals surface area (Å²) in [5.74, 6) is 0. The molecule has 1 rings (SSSR count). The fourth-order valence-electron chi connectivity index (χ4n) is 5.47. The Morgan fingerprint density at radius 1 is 0.354 bits per heavy atom. The molecule has 1 aliphatic rings. The van der Waals surface area contributed by atoms with Crippen molar-refractivity contribution in [1.29, 1.82) is 0 Å². The summed E-state index contributed by atoms with van der Waals surface area (Å²) in [6.07, 6.45) is 8.89. The van der Waals surface area contributed by atoms with E-state index in [4.69, 9.17) is 54.4 Å². The third-order valence-corrected chi connectivity index (χ3v) is 26.1. The Hall–Kier alpha value is -1.29. The highest BCUT2D eigenvalue weighted by Crippen LogP contribution is 2.38. The first-order valence-corrected chi connectivity index (χ1v) is 27.2. The Labute approximate surface area is 294 Å². The number of rotatable bonds is 32. The Kier molecular flexibility index (Phi) is 24.7. The molecule has 0 aromatic rings. The first-order valence-electron chi connectivity index (χ1n) is 17.1. The van der Waals surface area contributed by atoms with Crippen LogP contribution < -0.4 is 0 Å². The smallest absolute Gasteiger partial charge is 0.317 e. The lowest BCUT2D eigenvalue weighted by atomic mass is 10.5. The van der Waals surface area contributed by atoms with Crippen molar-refractivity contribution in [2.45, 2.75) is 76.0 Å². The lowest BCUT2D eigenvalue weighted by Gasteiger charge is -2.50. The van der Waals surface area contributed by atoms with Gasteiger partial charge in [-0.25, -0.2) is 0 Å². The van der Waals surface area contributed by atoms with E-state index in [9.17, 15) is 0 Å². The van der Waals surface area contributed by atoms with Crippen LogP contribution >= 0.6 is 0 Å². The zero-order valence-corrected chi connectivity index (χ0v) is 34.2. The van der Waals surface area contributed by atoms with Crippen molar-refractivity contribution in [3.8, 4) is 0 Å². The molecule has 0 atom stereocenters. The highest BCUT2D eigenvalue weighted by atomic mass is 28.5. The van der Waals surface area contributed by atoms with Crippen LogP contribution in [-0.2, 0) is 54.4 Å². The quantitative estimate of drug-likeness (QED) is 0.0419. The molecule has 0 radical (unpaired) electrons. The maximum atomic E-state index is 7.21. The molecule has 48 heavy (non-hydrogen) atoms. The standard InChI is InChI=1S/C32H64O12Si4/c1-9-33-21-25-37-17-13-29-45(5)41-46(6,30-14-18-38-26-22-34-10-2)43-48(8,32-16-20-40-28-24-36-12-4)44-47(7,42-45)31-15-19-39-27-23-35-11-3/h9-12H,1-4,13-32H2,5-8H3. The van der Waals surface area contributed by atoms with Gasteiger partial charge in [0.15, 0.2) is 0 Å². The second-order valence-electron chi connectivity index (χ2n) is 12.0. The normalized spacial score (nSPS) is 25.8. The molecular formula is C32H64O12Si4. The monoisotopic (exact) mass is 752 g/mol. The summed E-state index contributed by atoms with van der Waals surface area (Å²) in [5, 5.41) is 0. The van der Waals surface area contributed by atoms with Crippen LogP contribution in [0.5, 0.6) is 0 Å². The van der Waals surface area contributed by atoms with Gasteiger partial charge < -0.3 is 54.4 Å². The Morgan fingerprint density at radius 2 is 0.562 bits per heavy atom. The highest BCUT2D eigenvalue weighted by molar-refractivity contribution is 6.93. The van der Waals surface area contributed by atoms with Crippen LogP contribution in [-0.4, -0.2) is 114 Å². The van der Waals surface area contributed by atoms with Crippen molar-refractivity contribution in [1.82, 2.24) is 0 Å². The molecule has 280 valence electrons. The first-order chi connectivity index (χ1) is 23.1. The van der Waals surface area contributed by atoms with Crippen molar-refractivity contribution in [2.24, 2.45) is 0 Å². The molecule has 1 aliphatic heterocycles. The number of ether oxygens (including phenoxy) is 8. The third-order valence-electron chi connectivity index (χ3n) is 7.26. The molecule has 0 aromatic carbocycles. The van der Waals surface area contributed by atoms with Crippen molar-refractivity contribution in [2.75, 3.05) is 79.3 Å². The van der Waals surface area contributed by atoms with Gasteiger partial charge in [0, 0.05) is 26.4 Å². The zero-order valence-electron chi connectivity index (χ0n) is 30.2. The second-order valence-corrected chi connectivity index (χ2v) is 26.3. The van der Waals surface area contributed by atoms with Crippen molar-refractivity contribution in [3.05, 3.63) is 51.4 Å². The van der Waals surface area contributed by atoms with Crippen molar-refractivity contribution in [3.63, 3.8) is 0 Å². The highest BCUT2D eigenvalue weighted by Gasteiger charge is 2.56. The fourth-order valence-corrected chi connectivity index (χ4v) is 28.7. The van der Waals surface area contributed by atoms with Gasteiger partial charge in [-0.2, -0.15) is 0 Å². The minimum atomic E-state index is -2.78. The summed E-state index contributed by atoms with van der Waals surface area (Å²) < 4.78 is 72.8. The summed E-state index contributed by atoms with van der Waals surface area (Å²) in [6.45, 7) is 29.2. The van der Waals surface area contributed by atoms with E-state index in [2.05, 4.69) is 52.5 Å². The predicted octanol–water partition coefficient (Wildman–Crippen LogP) is 6.62. The fraction of sp³-hybridized carbons (Fsp3) is 0.750. The van der Waals surface area contributed by atoms with E-state index in [0.717, 1.165) is 49.9 Å². The van der Waals surface area contributed by atoms with Crippen molar-refractivity contribution < 1.29 is 54.4 Å². The molecule has 0 bridgehead atoms. The number of hydrogen-bond donors (Lipinski definition) is 0. The Morgan fingerprint density at radius 3 is 0.750 bits per heavy atom. The van der Waals surface area contributed by atoms with Gasteiger partial charge in [0.1, 0.15) is 26.4 Å². The SMILES string of the molecule is C=COCCOCCC[Si]1(C)O[Si](C)(CCCOCCOC=C)O[Si](C)(CCCOCCOC=C)O[Si](C)(CCCOCCOC=C)O1. The van der Waals surface area contributed by atoms with Gasteiger partial charge in [-0.3, -0.25) is 0 Å². The number of hydrogen-bond acceptors (Lipinski definition) is 12. The molecule has 0 saturated carbocycles. The summed E-state index contributed by atoms with van der Waals surface area (Å²) in [7, 11) is -11.1. The topological polar surface area (TPSA) is 111 Å². The molecule has 12 nitrogen and oxygen atoms in total. The lowest BCUT2D eigenvalue weighted by molar-refractivity contribution is 0.0822. The summed E-state index contributed by atoms with van der Waals surface area (Å²) in [4.78, 5) is 0. The zero-order chi connectivity index (χ0) is 35.5. The van der Waals surface area contributed by atoms with Crippen LogP contribution in [0.15, 0.2) is 51.4 Å². The molecule has 1 heterocycles. The van der Waals surface area contributed by atoms with E-state index in [1.165, 1.54) is 25.0 Å². The van der Waals surface area contributed by atoms with Gasteiger partial charge in [-0.05, 0) is 76.0 Å². The largest absolute Gasteiger partial charge is 0.499 e. The van der Waals surface area contributed by atoms with Gasteiger partial charge in [-0.15, -0.1) is 0 Å². The minimum absolute atomic E-state index is 0.475. The molecule has 16 heteroatoms. The van der Waals surface area contributed by atoms with Gasteiger partial charge in [0.2, 0.25) is 0 Å². The van der Waals surface area contributed by atoms with Crippen LogP contribution in [0.25, 0.3) is 0 Å². The minimum Gasteiger partial charge on any atom is -0.499 e. The Balaban J connectivity index is 3.11. The van der Waals surface area contributed by atoms with Crippen LogP contribution in [0.3, 0.4) is 0 Å². The van der Waals surface area contributed by atoms with Crippen molar-refractivity contribution >= 4 is 34.2 Å². The van der Waals surface area contributed by atoms with Crippen LogP contribution in [0.2, 0.25) is 50.4 Å². The van der Waals surface area contributed by atoms with Gasteiger partial charge in [-0.1, -0.05) is 26.3 Å². The molecular weight excluding hydrogens is 689 g/mol. The molecule has 0 aliphatic carbocycles. The average Bonchev–Trinajstić information content (AvgIpc) is 3.02. The molecule has 0 aromatic heterocycles. The summed E-state index contributed by atoms with van der Waals surface area (Å²) in [5.41, 5.74) is 0. The van der Waals surface area contributed by atoms with Crippen LogP contribution in [0.1, 0.15) is 25.7 Å². The predicted molar refractivity (Wildman–Crippen MR) is 196 cm³/mol. The van der Waals surface area contributed by atoms with E-state index >= 15 is 0 Å². The maximum Gasteiger partial charge on any atom is 0.317 e. The molecule has 0 N–H and O–H groups in total. The summed E-state index contributed by atoms with van der Waals surface area (Å²) in [6, 6.07) is 3.04. The van der Waals surface area contributed by atoms with E-state index < -0.39 is 34.2 Å². The van der Waals surface area contributed by atoms with E-state index in [-0.39, 0.29) is 0 Å². The van der Waals surface area contributed by atoms with E-state index in [0.29, 0.717) is 79.3 Å². The summed E-state index contributed by atoms with van der Waals surface area (Å²) >= 11 is 0. The molecule has 0 amide bonds. The van der Waals surface area contributed by atoms with Crippen LogP contribution in [0, 0.1) is 0 Å². The Bertz CT molecular complexity index is 725. The molecule has 1 fully saturated rings. The second kappa shape index (κ2) is 26.5. The van der Waals surface area contributed by atoms with E-state index in [1.807, 2.05) is 0 Å². The maximum absolute atomic E-state index is 7.21. The first kappa shape index (κ1) is 44.7. The third kappa shape index (κ3) is 21.7. The van der Waals surface area contributed by atoms with Crippen LogP contribution in [0.4, 0.5) is 0 Å². The van der Waals surface area contributed by atoms with Gasteiger partial charge in [0.05, 0.1) is 51.5 Å². The van der Waals surface area contributed by atoms with E-state index in [1.54, 1.807) is 0 Å². The molecule has 0 spiro atoms. The van der Waals surface area contributed by atoms with Gasteiger partial charge in [0.25, 0.3) is 0 Å². The average molecular weight is 753 g/mol. The lowest BCUT2D eigenvalue weighted by Crippen LogP contribution is -2.67. The molecule has 0 unspecified atom stereocenters. The molecule has 1 saturated heterocycles.